The lowest BCUT2D eigenvalue weighted by atomic mass is 10.5. The van der Waals surface area contributed by atoms with Crippen LogP contribution in [0.5, 0.6) is 6.01 Å². The number of aromatic nitrogens is 3. The predicted molar refractivity (Wildman–Crippen MR) is 67.3 cm³/mol. The minimum atomic E-state index is 0.143. The lowest BCUT2D eigenvalue weighted by Gasteiger charge is -2.12. The fourth-order valence-corrected chi connectivity index (χ4v) is 1.03. The van der Waals surface area contributed by atoms with Crippen molar-refractivity contribution in [2.45, 2.75) is 13.3 Å². The van der Waals surface area contributed by atoms with Crippen molar-refractivity contribution >= 4 is 11.9 Å². The molecule has 0 radical (unpaired) electrons. The molecule has 0 aliphatic heterocycles. The van der Waals surface area contributed by atoms with Gasteiger partial charge >= 0.3 is 6.01 Å². The highest BCUT2D eigenvalue weighted by atomic mass is 16.5. The summed E-state index contributed by atoms with van der Waals surface area (Å²) in [5.41, 5.74) is 0. The van der Waals surface area contributed by atoms with Gasteiger partial charge in [-0.15, -0.1) is 6.42 Å². The monoisotopic (exact) mass is 235 g/mol. The number of anilines is 2. The molecule has 1 rings (SSSR count). The smallest absolute Gasteiger partial charge is 0.324 e. The number of ether oxygens (including phenoxy) is 1. The third-order valence-electron chi connectivity index (χ3n) is 1.82. The molecule has 0 aliphatic carbocycles. The topological polar surface area (TPSA) is 63.2 Å². The fourth-order valence-electron chi connectivity index (χ4n) is 1.03. The van der Waals surface area contributed by atoms with E-state index >= 15 is 0 Å². The van der Waals surface area contributed by atoms with Crippen LogP contribution in [0.25, 0.3) is 0 Å². The van der Waals surface area contributed by atoms with E-state index in [1.54, 1.807) is 4.90 Å². The standard InChI is InChI=1S/C11H17N5O/c1-5-7-12-9-13-10(16(3)4)15-11(14-9)17-8-6-2/h2H,5,7-8H2,1,3-4H3,(H,12,13,14,15). The third-order valence-corrected chi connectivity index (χ3v) is 1.82. The minimum absolute atomic E-state index is 0.143. The van der Waals surface area contributed by atoms with Gasteiger partial charge in [0.05, 0.1) is 0 Å². The summed E-state index contributed by atoms with van der Waals surface area (Å²) < 4.78 is 5.20. The second kappa shape index (κ2) is 6.53. The van der Waals surface area contributed by atoms with Gasteiger partial charge in [-0.3, -0.25) is 0 Å². The van der Waals surface area contributed by atoms with Crippen molar-refractivity contribution in [2.75, 3.05) is 37.5 Å². The number of nitrogens with one attached hydrogen (secondary N) is 1. The molecule has 1 heterocycles. The Hall–Kier alpha value is -2.03. The molecule has 0 saturated carbocycles. The Balaban J connectivity index is 2.89. The first-order chi connectivity index (χ1) is 8.17. The van der Waals surface area contributed by atoms with E-state index in [9.17, 15) is 0 Å². The van der Waals surface area contributed by atoms with Crippen LogP contribution in [0, 0.1) is 12.3 Å². The Morgan fingerprint density at radius 2 is 2.12 bits per heavy atom. The first-order valence-corrected chi connectivity index (χ1v) is 5.41. The second-order valence-electron chi connectivity index (χ2n) is 3.56. The van der Waals surface area contributed by atoms with Crippen molar-refractivity contribution in [3.8, 4) is 18.4 Å². The molecule has 92 valence electrons. The maximum atomic E-state index is 5.20. The highest BCUT2D eigenvalue weighted by Crippen LogP contribution is 2.12. The van der Waals surface area contributed by atoms with Crippen LogP contribution in [0.4, 0.5) is 11.9 Å². The number of nitrogens with zero attached hydrogens (tertiary/aromatic N) is 4. The minimum Gasteiger partial charge on any atom is -0.450 e. The Morgan fingerprint density at radius 3 is 2.71 bits per heavy atom. The van der Waals surface area contributed by atoms with Crippen molar-refractivity contribution in [1.29, 1.82) is 0 Å². The average Bonchev–Trinajstić information content (AvgIpc) is 2.33. The summed E-state index contributed by atoms with van der Waals surface area (Å²) in [6.07, 6.45) is 6.11. The molecular weight excluding hydrogens is 218 g/mol. The maximum absolute atomic E-state index is 5.20. The number of rotatable bonds is 6. The van der Waals surface area contributed by atoms with Gasteiger partial charge in [-0.05, 0) is 6.42 Å². The van der Waals surface area contributed by atoms with Gasteiger partial charge in [0.15, 0.2) is 6.61 Å². The molecular formula is C11H17N5O. The van der Waals surface area contributed by atoms with Gasteiger partial charge in [0.2, 0.25) is 11.9 Å². The number of hydrogen-bond acceptors (Lipinski definition) is 6. The van der Waals surface area contributed by atoms with E-state index in [-0.39, 0.29) is 12.6 Å². The van der Waals surface area contributed by atoms with Gasteiger partial charge in [-0.2, -0.15) is 15.0 Å². The van der Waals surface area contributed by atoms with Crippen molar-refractivity contribution in [2.24, 2.45) is 0 Å². The van der Waals surface area contributed by atoms with E-state index in [4.69, 9.17) is 11.2 Å². The first kappa shape index (κ1) is 13.0. The summed E-state index contributed by atoms with van der Waals surface area (Å²) in [7, 11) is 3.70. The molecule has 0 amide bonds. The molecule has 17 heavy (non-hydrogen) atoms. The van der Waals surface area contributed by atoms with E-state index in [0.29, 0.717) is 11.9 Å². The maximum Gasteiger partial charge on any atom is 0.324 e. The summed E-state index contributed by atoms with van der Waals surface area (Å²) in [5.74, 6) is 3.40. The van der Waals surface area contributed by atoms with Gasteiger partial charge in [0.25, 0.3) is 0 Å². The van der Waals surface area contributed by atoms with Crippen LogP contribution < -0.4 is 15.0 Å². The van der Waals surface area contributed by atoms with E-state index in [0.717, 1.165) is 13.0 Å². The lowest BCUT2D eigenvalue weighted by Crippen LogP contribution is -2.16. The molecule has 1 aromatic heterocycles. The number of terminal acetylenes is 1. The quantitative estimate of drug-likeness (QED) is 0.735. The molecule has 6 nitrogen and oxygen atoms in total. The molecule has 0 aliphatic rings. The molecule has 6 heteroatoms. The first-order valence-electron chi connectivity index (χ1n) is 5.41. The number of hydrogen-bond donors (Lipinski definition) is 1. The summed E-state index contributed by atoms with van der Waals surface area (Å²) in [6.45, 7) is 3.01. The van der Waals surface area contributed by atoms with Crippen molar-refractivity contribution in [3.63, 3.8) is 0 Å². The van der Waals surface area contributed by atoms with Gasteiger partial charge in [-0.1, -0.05) is 12.8 Å². The second-order valence-corrected chi connectivity index (χ2v) is 3.56. The molecule has 0 atom stereocenters. The van der Waals surface area contributed by atoms with Crippen molar-refractivity contribution < 1.29 is 4.74 Å². The molecule has 0 spiro atoms. The van der Waals surface area contributed by atoms with Crippen LogP contribution in [-0.4, -0.2) is 42.2 Å². The highest BCUT2D eigenvalue weighted by Gasteiger charge is 2.08. The zero-order valence-corrected chi connectivity index (χ0v) is 10.4. The van der Waals surface area contributed by atoms with E-state index in [1.807, 2.05) is 14.1 Å². The molecule has 1 N–H and O–H groups in total. The van der Waals surface area contributed by atoms with Crippen molar-refractivity contribution in [3.05, 3.63) is 0 Å². The molecule has 0 unspecified atom stereocenters. The Bertz CT molecular complexity index is 399. The van der Waals surface area contributed by atoms with E-state index < -0.39 is 0 Å². The molecule has 0 saturated heterocycles. The van der Waals surface area contributed by atoms with E-state index in [1.165, 1.54) is 0 Å². The highest BCUT2D eigenvalue weighted by molar-refractivity contribution is 5.36. The van der Waals surface area contributed by atoms with Crippen LogP contribution in [-0.2, 0) is 0 Å². The van der Waals surface area contributed by atoms with Crippen LogP contribution in [0.15, 0.2) is 0 Å². The van der Waals surface area contributed by atoms with Crippen LogP contribution in [0.2, 0.25) is 0 Å². The molecule has 0 bridgehead atoms. The van der Waals surface area contributed by atoms with Crippen LogP contribution in [0.1, 0.15) is 13.3 Å². The molecule has 0 fully saturated rings. The zero-order valence-electron chi connectivity index (χ0n) is 10.4. The van der Waals surface area contributed by atoms with Gasteiger partial charge in [-0.25, -0.2) is 0 Å². The molecule has 1 aromatic rings. The summed E-state index contributed by atoms with van der Waals surface area (Å²) >= 11 is 0. The predicted octanol–water partition coefficient (Wildman–Crippen LogP) is 0.771. The SMILES string of the molecule is C#CCOc1nc(NCCC)nc(N(C)C)n1. The van der Waals surface area contributed by atoms with Gasteiger partial charge < -0.3 is 15.0 Å². The normalized spacial score (nSPS) is 9.53. The molecule has 0 aromatic carbocycles. The Kier molecular flexibility index (Phi) is 5.01. The Labute approximate surface area is 101 Å². The Morgan fingerprint density at radius 1 is 1.35 bits per heavy atom. The fraction of sp³-hybridized carbons (Fsp3) is 0.545. The lowest BCUT2D eigenvalue weighted by molar-refractivity contribution is 0.339. The average molecular weight is 235 g/mol. The zero-order chi connectivity index (χ0) is 12.7. The van der Waals surface area contributed by atoms with E-state index in [2.05, 4.69) is 33.1 Å². The largest absolute Gasteiger partial charge is 0.450 e. The summed E-state index contributed by atoms with van der Waals surface area (Å²) in [5, 5.41) is 3.09. The van der Waals surface area contributed by atoms with Gasteiger partial charge in [0, 0.05) is 20.6 Å². The van der Waals surface area contributed by atoms with Crippen LogP contribution >= 0.6 is 0 Å². The third kappa shape index (κ3) is 4.15. The van der Waals surface area contributed by atoms with Gasteiger partial charge in [0.1, 0.15) is 0 Å². The summed E-state index contributed by atoms with van der Waals surface area (Å²) in [4.78, 5) is 14.3. The van der Waals surface area contributed by atoms with Crippen molar-refractivity contribution in [1.82, 2.24) is 15.0 Å². The van der Waals surface area contributed by atoms with Crippen LogP contribution in [0.3, 0.4) is 0 Å². The summed E-state index contributed by atoms with van der Waals surface area (Å²) in [6, 6.07) is 0.236.